The summed E-state index contributed by atoms with van der Waals surface area (Å²) in [4.78, 5) is 36.1. The quantitative estimate of drug-likeness (QED) is 0.385. The van der Waals surface area contributed by atoms with Gasteiger partial charge in [0.15, 0.2) is 0 Å². The molecule has 1 fully saturated rings. The van der Waals surface area contributed by atoms with Crippen molar-refractivity contribution in [2.75, 3.05) is 13.2 Å². The number of esters is 1. The van der Waals surface area contributed by atoms with E-state index in [9.17, 15) is 19.5 Å². The standard InChI is InChI=1S/C15H22N2O5S/c1-3-4-5-6-16-11-13(19)17-7-10(8-22-9(2)18)12(15(20)21)23-14(11)17/h7,11-12,14,16H,3-6,8H2,1-2H3,(H,20,21)/t11?,12?,14-/m1/s1. The molecule has 7 nitrogen and oxygen atoms in total. The predicted molar refractivity (Wildman–Crippen MR) is 85.7 cm³/mol. The number of β-lactam (4-membered cyclic amide) rings is 1. The van der Waals surface area contributed by atoms with Gasteiger partial charge >= 0.3 is 11.9 Å². The molecule has 2 aliphatic rings. The third kappa shape index (κ3) is 4.06. The van der Waals surface area contributed by atoms with Crippen LogP contribution in [0.1, 0.15) is 33.1 Å². The van der Waals surface area contributed by atoms with Crippen LogP contribution in [-0.2, 0) is 19.1 Å². The van der Waals surface area contributed by atoms with Gasteiger partial charge in [-0.05, 0) is 13.0 Å². The number of amides is 1. The number of nitrogens with one attached hydrogen (secondary N) is 1. The summed E-state index contributed by atoms with van der Waals surface area (Å²) in [7, 11) is 0. The van der Waals surface area contributed by atoms with Gasteiger partial charge in [-0.3, -0.25) is 14.4 Å². The second-order valence-electron chi connectivity index (χ2n) is 5.61. The van der Waals surface area contributed by atoms with E-state index >= 15 is 0 Å². The zero-order valence-corrected chi connectivity index (χ0v) is 14.1. The summed E-state index contributed by atoms with van der Waals surface area (Å²) < 4.78 is 4.89. The lowest BCUT2D eigenvalue weighted by molar-refractivity contribution is -0.143. The molecule has 128 valence electrons. The minimum Gasteiger partial charge on any atom is -0.480 e. The number of fused-ring (bicyclic) bond motifs is 1. The van der Waals surface area contributed by atoms with E-state index in [-0.39, 0.29) is 23.9 Å². The van der Waals surface area contributed by atoms with Crippen molar-refractivity contribution in [3.8, 4) is 0 Å². The van der Waals surface area contributed by atoms with Crippen LogP contribution < -0.4 is 5.32 Å². The first kappa shape index (κ1) is 17.8. The highest BCUT2D eigenvalue weighted by Gasteiger charge is 2.51. The van der Waals surface area contributed by atoms with Crippen molar-refractivity contribution in [3.63, 3.8) is 0 Å². The Morgan fingerprint density at radius 2 is 2.17 bits per heavy atom. The minimum absolute atomic E-state index is 0.0665. The molecule has 0 bridgehead atoms. The number of rotatable bonds is 8. The number of unbranched alkanes of at least 4 members (excludes halogenated alkanes) is 2. The van der Waals surface area contributed by atoms with Crippen LogP contribution in [-0.4, -0.2) is 57.7 Å². The molecular weight excluding hydrogens is 320 g/mol. The highest BCUT2D eigenvalue weighted by Crippen LogP contribution is 2.40. The second kappa shape index (κ2) is 7.83. The van der Waals surface area contributed by atoms with E-state index < -0.39 is 17.2 Å². The Morgan fingerprint density at radius 1 is 1.43 bits per heavy atom. The average Bonchev–Trinajstić information content (AvgIpc) is 2.51. The number of hydrogen-bond acceptors (Lipinski definition) is 6. The largest absolute Gasteiger partial charge is 0.480 e. The zero-order valence-electron chi connectivity index (χ0n) is 13.3. The van der Waals surface area contributed by atoms with Gasteiger partial charge in [0.25, 0.3) is 0 Å². The van der Waals surface area contributed by atoms with E-state index in [1.54, 1.807) is 0 Å². The lowest BCUT2D eigenvalue weighted by Crippen LogP contribution is -2.68. The Bertz CT molecular complexity index is 522. The van der Waals surface area contributed by atoms with E-state index in [0.717, 1.165) is 25.8 Å². The van der Waals surface area contributed by atoms with Gasteiger partial charge < -0.3 is 20.1 Å². The van der Waals surface area contributed by atoms with Crippen molar-refractivity contribution >= 4 is 29.6 Å². The third-order valence-electron chi connectivity index (χ3n) is 3.81. The van der Waals surface area contributed by atoms with Gasteiger partial charge in [0, 0.05) is 18.7 Å². The molecule has 0 aliphatic carbocycles. The van der Waals surface area contributed by atoms with Crippen LogP contribution in [0.15, 0.2) is 11.8 Å². The Balaban J connectivity index is 2.00. The first-order valence-corrected chi connectivity index (χ1v) is 8.67. The molecule has 2 aliphatic heterocycles. The Hall–Kier alpha value is -1.54. The molecule has 0 aromatic heterocycles. The van der Waals surface area contributed by atoms with E-state index in [4.69, 9.17) is 4.74 Å². The molecule has 23 heavy (non-hydrogen) atoms. The summed E-state index contributed by atoms with van der Waals surface area (Å²) in [5, 5.41) is 11.6. The van der Waals surface area contributed by atoms with Crippen LogP contribution in [0.2, 0.25) is 0 Å². The molecule has 0 aromatic rings. The Kier molecular flexibility index (Phi) is 6.06. The van der Waals surface area contributed by atoms with E-state index in [1.807, 2.05) is 0 Å². The molecule has 0 aromatic carbocycles. The molecule has 8 heteroatoms. The van der Waals surface area contributed by atoms with Crippen molar-refractivity contribution in [3.05, 3.63) is 11.8 Å². The lowest BCUT2D eigenvalue weighted by Gasteiger charge is -2.49. The molecule has 0 saturated carbocycles. The molecule has 2 N–H and O–H groups in total. The van der Waals surface area contributed by atoms with Gasteiger partial charge in [0.1, 0.15) is 23.3 Å². The maximum atomic E-state index is 12.2. The monoisotopic (exact) mass is 342 g/mol. The van der Waals surface area contributed by atoms with Crippen molar-refractivity contribution in [2.45, 2.75) is 49.8 Å². The number of aliphatic carboxylic acids is 1. The molecule has 2 heterocycles. The number of carbonyl (C=O) groups is 3. The van der Waals surface area contributed by atoms with Crippen LogP contribution in [0.4, 0.5) is 0 Å². The zero-order chi connectivity index (χ0) is 17.0. The van der Waals surface area contributed by atoms with Crippen molar-refractivity contribution in [1.29, 1.82) is 0 Å². The Labute approximate surface area is 139 Å². The predicted octanol–water partition coefficient (Wildman–Crippen LogP) is 0.950. The van der Waals surface area contributed by atoms with Crippen LogP contribution in [0.3, 0.4) is 0 Å². The van der Waals surface area contributed by atoms with Crippen molar-refractivity contribution in [1.82, 2.24) is 10.2 Å². The third-order valence-corrected chi connectivity index (χ3v) is 5.36. The number of nitrogens with zero attached hydrogens (tertiary/aromatic N) is 1. The summed E-state index contributed by atoms with van der Waals surface area (Å²) in [6.45, 7) is 4.02. The van der Waals surface area contributed by atoms with Gasteiger partial charge in [-0.1, -0.05) is 19.8 Å². The maximum absolute atomic E-state index is 12.2. The fourth-order valence-electron chi connectivity index (χ4n) is 2.58. The van der Waals surface area contributed by atoms with Gasteiger partial charge in [-0.25, -0.2) is 0 Å². The average molecular weight is 342 g/mol. The van der Waals surface area contributed by atoms with Gasteiger partial charge in [-0.2, -0.15) is 0 Å². The number of ether oxygens (including phenoxy) is 1. The number of hydrogen-bond donors (Lipinski definition) is 2. The number of carbonyl (C=O) groups excluding carboxylic acids is 2. The lowest BCUT2D eigenvalue weighted by atomic mass is 10.1. The highest BCUT2D eigenvalue weighted by molar-refractivity contribution is 8.01. The van der Waals surface area contributed by atoms with Gasteiger partial charge in [-0.15, -0.1) is 11.8 Å². The fourth-order valence-corrected chi connectivity index (χ4v) is 3.94. The molecule has 2 rings (SSSR count). The summed E-state index contributed by atoms with van der Waals surface area (Å²) in [5.74, 6) is -1.53. The minimum atomic E-state index is -0.989. The fraction of sp³-hybridized carbons (Fsp3) is 0.667. The maximum Gasteiger partial charge on any atom is 0.321 e. The van der Waals surface area contributed by atoms with E-state index in [2.05, 4.69) is 12.2 Å². The van der Waals surface area contributed by atoms with Gasteiger partial charge in [0.2, 0.25) is 5.91 Å². The second-order valence-corrected chi connectivity index (χ2v) is 6.84. The van der Waals surface area contributed by atoms with Crippen LogP contribution in [0.5, 0.6) is 0 Å². The molecule has 3 atom stereocenters. The highest BCUT2D eigenvalue weighted by atomic mass is 32.2. The smallest absolute Gasteiger partial charge is 0.321 e. The van der Waals surface area contributed by atoms with E-state index in [0.29, 0.717) is 5.57 Å². The van der Waals surface area contributed by atoms with Gasteiger partial charge in [0.05, 0.1) is 0 Å². The van der Waals surface area contributed by atoms with Crippen LogP contribution in [0, 0.1) is 0 Å². The summed E-state index contributed by atoms with van der Waals surface area (Å²) in [6, 6.07) is -0.342. The van der Waals surface area contributed by atoms with Crippen molar-refractivity contribution in [2.24, 2.45) is 0 Å². The summed E-state index contributed by atoms with van der Waals surface area (Å²) >= 11 is 1.21. The molecule has 0 spiro atoms. The number of carboxylic acids is 1. The number of carboxylic acid groups (broad SMARTS) is 1. The van der Waals surface area contributed by atoms with E-state index in [1.165, 1.54) is 29.8 Å². The molecule has 2 unspecified atom stereocenters. The molecule has 1 saturated heterocycles. The van der Waals surface area contributed by atoms with Crippen LogP contribution in [0.25, 0.3) is 0 Å². The summed E-state index contributed by atoms with van der Waals surface area (Å²) in [5.41, 5.74) is 0.423. The SMILES string of the molecule is CCCCCNC1C(=O)N2C=C(COC(C)=O)C(C(=O)O)S[C@H]12. The first-order valence-electron chi connectivity index (χ1n) is 7.73. The normalized spacial score (nSPS) is 26.2. The molecule has 0 radical (unpaired) electrons. The molecule has 1 amide bonds. The van der Waals surface area contributed by atoms with Crippen molar-refractivity contribution < 1.29 is 24.2 Å². The first-order chi connectivity index (χ1) is 11.0. The Morgan fingerprint density at radius 3 is 2.78 bits per heavy atom. The van der Waals surface area contributed by atoms with Crippen LogP contribution >= 0.6 is 11.8 Å². The number of thioether (sulfide) groups is 1. The molecular formula is C15H22N2O5S. The topological polar surface area (TPSA) is 95.9 Å². The summed E-state index contributed by atoms with van der Waals surface area (Å²) in [6.07, 6.45) is 4.72.